The van der Waals surface area contributed by atoms with E-state index in [2.05, 4.69) is 21.3 Å². The lowest BCUT2D eigenvalue weighted by Gasteiger charge is -2.09. The Labute approximate surface area is 93.3 Å². The van der Waals surface area contributed by atoms with Crippen molar-refractivity contribution in [2.45, 2.75) is 17.9 Å². The van der Waals surface area contributed by atoms with Crippen LogP contribution in [-0.4, -0.2) is 24.4 Å². The van der Waals surface area contributed by atoms with Crippen molar-refractivity contribution in [2.75, 3.05) is 0 Å². The Bertz CT molecular complexity index is 443. The molecule has 15 heavy (non-hydrogen) atoms. The number of rotatable bonds is 4. The van der Waals surface area contributed by atoms with Gasteiger partial charge in [-0.05, 0) is 18.5 Å². The molecule has 82 valence electrons. The van der Waals surface area contributed by atoms with Gasteiger partial charge in [-0.3, -0.25) is 0 Å². The van der Waals surface area contributed by atoms with Gasteiger partial charge in [-0.25, -0.2) is 23.1 Å². The maximum Gasteiger partial charge on any atom is 0.244 e. The third-order valence-electron chi connectivity index (χ3n) is 1.60. The lowest BCUT2D eigenvalue weighted by Crippen LogP contribution is -2.31. The predicted octanol–water partition coefficient (Wildman–Crippen LogP) is 0.983. The van der Waals surface area contributed by atoms with E-state index in [1.54, 1.807) is 6.92 Å². The molecule has 1 aromatic rings. The van der Waals surface area contributed by atoms with Gasteiger partial charge in [-0.1, -0.05) is 6.08 Å². The molecule has 0 aromatic carbocycles. The van der Waals surface area contributed by atoms with Crippen LogP contribution < -0.4 is 4.72 Å². The molecule has 0 aliphatic rings. The number of sulfonamides is 1. The summed E-state index contributed by atoms with van der Waals surface area (Å²) >= 11 is 5.44. The van der Waals surface area contributed by atoms with Crippen LogP contribution in [0.5, 0.6) is 0 Å². The Morgan fingerprint density at radius 1 is 1.53 bits per heavy atom. The van der Waals surface area contributed by atoms with E-state index in [-0.39, 0.29) is 16.2 Å². The van der Waals surface area contributed by atoms with Crippen LogP contribution in [-0.2, 0) is 10.0 Å². The van der Waals surface area contributed by atoms with Gasteiger partial charge >= 0.3 is 0 Å². The van der Waals surface area contributed by atoms with Crippen LogP contribution in [0, 0.1) is 0 Å². The van der Waals surface area contributed by atoms with Crippen LogP contribution in [0.25, 0.3) is 0 Å². The number of aromatic nitrogens is 2. The number of halogens is 1. The van der Waals surface area contributed by atoms with Crippen LogP contribution in [0.2, 0.25) is 5.28 Å². The molecule has 0 radical (unpaired) electrons. The summed E-state index contributed by atoms with van der Waals surface area (Å²) < 4.78 is 25.6. The van der Waals surface area contributed by atoms with Gasteiger partial charge < -0.3 is 0 Å². The van der Waals surface area contributed by atoms with E-state index in [9.17, 15) is 8.42 Å². The molecule has 0 saturated heterocycles. The van der Waals surface area contributed by atoms with Gasteiger partial charge in [0.2, 0.25) is 15.3 Å². The second-order valence-corrected chi connectivity index (χ2v) is 4.89. The minimum atomic E-state index is -3.59. The Morgan fingerprint density at radius 2 is 2.07 bits per heavy atom. The van der Waals surface area contributed by atoms with E-state index >= 15 is 0 Å². The highest BCUT2D eigenvalue weighted by Gasteiger charge is 2.16. The van der Waals surface area contributed by atoms with Gasteiger partial charge in [0.25, 0.3) is 0 Å². The SMILES string of the molecule is C=CC(C)NS(=O)(=O)c1cnc(Cl)nc1. The molecular weight excluding hydrogens is 238 g/mol. The second-order valence-electron chi connectivity index (χ2n) is 2.83. The van der Waals surface area contributed by atoms with Crippen molar-refractivity contribution in [3.8, 4) is 0 Å². The van der Waals surface area contributed by atoms with Crippen LogP contribution in [0.3, 0.4) is 0 Å². The van der Waals surface area contributed by atoms with Gasteiger partial charge in [-0.2, -0.15) is 0 Å². The number of nitrogens with one attached hydrogen (secondary N) is 1. The summed E-state index contributed by atoms with van der Waals surface area (Å²) in [6, 6.07) is -0.356. The minimum absolute atomic E-state index is 0.00530. The summed E-state index contributed by atoms with van der Waals surface area (Å²) in [6.45, 7) is 5.14. The molecule has 1 N–H and O–H groups in total. The van der Waals surface area contributed by atoms with Crippen molar-refractivity contribution >= 4 is 21.6 Å². The van der Waals surface area contributed by atoms with E-state index in [1.807, 2.05) is 0 Å². The number of hydrogen-bond acceptors (Lipinski definition) is 4. The van der Waals surface area contributed by atoms with Gasteiger partial charge in [0.15, 0.2) is 0 Å². The summed E-state index contributed by atoms with van der Waals surface area (Å²) in [5, 5.41) is 0.00530. The molecule has 0 aliphatic carbocycles. The second kappa shape index (κ2) is 4.69. The lowest BCUT2D eigenvalue weighted by atomic mass is 10.4. The molecule has 0 spiro atoms. The molecular formula is C8H10ClN3O2S. The summed E-state index contributed by atoms with van der Waals surface area (Å²) in [7, 11) is -3.59. The van der Waals surface area contributed by atoms with E-state index in [0.717, 1.165) is 12.4 Å². The Balaban J connectivity index is 2.96. The molecule has 0 bridgehead atoms. The average molecular weight is 248 g/mol. The molecule has 0 aliphatic heterocycles. The maximum absolute atomic E-state index is 11.6. The van der Waals surface area contributed by atoms with Crippen LogP contribution in [0.1, 0.15) is 6.92 Å². The van der Waals surface area contributed by atoms with Gasteiger partial charge in [0, 0.05) is 6.04 Å². The van der Waals surface area contributed by atoms with E-state index in [4.69, 9.17) is 11.6 Å². The molecule has 1 atom stereocenters. The normalized spacial score (nSPS) is 13.5. The lowest BCUT2D eigenvalue weighted by molar-refractivity contribution is 0.575. The molecule has 1 aromatic heterocycles. The first-order valence-corrected chi connectivity index (χ1v) is 5.94. The highest BCUT2D eigenvalue weighted by Crippen LogP contribution is 2.08. The highest BCUT2D eigenvalue weighted by molar-refractivity contribution is 7.89. The zero-order valence-corrected chi connectivity index (χ0v) is 9.59. The summed E-state index contributed by atoms with van der Waals surface area (Å²) in [6.07, 6.45) is 3.77. The summed E-state index contributed by atoms with van der Waals surface area (Å²) in [5.74, 6) is 0. The molecule has 1 rings (SSSR count). The van der Waals surface area contributed by atoms with Crippen molar-refractivity contribution < 1.29 is 8.42 Å². The van der Waals surface area contributed by atoms with Crippen molar-refractivity contribution in [3.63, 3.8) is 0 Å². The third kappa shape index (κ3) is 3.26. The molecule has 1 heterocycles. The maximum atomic E-state index is 11.6. The highest BCUT2D eigenvalue weighted by atomic mass is 35.5. The van der Waals surface area contributed by atoms with Gasteiger partial charge in [0.1, 0.15) is 4.90 Å². The molecule has 5 nitrogen and oxygen atoms in total. The largest absolute Gasteiger partial charge is 0.244 e. The zero-order chi connectivity index (χ0) is 11.5. The molecule has 0 saturated carbocycles. The standard InChI is InChI=1S/C8H10ClN3O2S/c1-3-6(2)12-15(13,14)7-4-10-8(9)11-5-7/h3-6,12H,1H2,2H3. The van der Waals surface area contributed by atoms with Crippen molar-refractivity contribution in [1.82, 2.24) is 14.7 Å². The van der Waals surface area contributed by atoms with E-state index in [1.165, 1.54) is 6.08 Å². The quantitative estimate of drug-likeness (QED) is 0.636. The fourth-order valence-electron chi connectivity index (χ4n) is 0.800. The molecule has 0 fully saturated rings. The summed E-state index contributed by atoms with van der Waals surface area (Å²) in [4.78, 5) is 7.15. The van der Waals surface area contributed by atoms with Crippen LogP contribution in [0.4, 0.5) is 0 Å². The topological polar surface area (TPSA) is 72.0 Å². The zero-order valence-electron chi connectivity index (χ0n) is 8.01. The van der Waals surface area contributed by atoms with Gasteiger partial charge in [-0.15, -0.1) is 6.58 Å². The first kappa shape index (κ1) is 12.1. The Kier molecular flexibility index (Phi) is 3.78. The van der Waals surface area contributed by atoms with Crippen molar-refractivity contribution in [1.29, 1.82) is 0 Å². The Morgan fingerprint density at radius 3 is 2.53 bits per heavy atom. The van der Waals surface area contributed by atoms with E-state index < -0.39 is 10.0 Å². The monoisotopic (exact) mass is 247 g/mol. The first-order chi connectivity index (χ1) is 6.95. The molecule has 7 heteroatoms. The average Bonchev–Trinajstić information content (AvgIpc) is 2.17. The first-order valence-electron chi connectivity index (χ1n) is 4.08. The van der Waals surface area contributed by atoms with Crippen LogP contribution in [0.15, 0.2) is 29.9 Å². The third-order valence-corrected chi connectivity index (χ3v) is 3.31. The van der Waals surface area contributed by atoms with Gasteiger partial charge in [0.05, 0.1) is 12.4 Å². The number of hydrogen-bond donors (Lipinski definition) is 1. The smallest absolute Gasteiger partial charge is 0.225 e. The minimum Gasteiger partial charge on any atom is -0.225 e. The van der Waals surface area contributed by atoms with Crippen LogP contribution >= 0.6 is 11.6 Å². The fourth-order valence-corrected chi connectivity index (χ4v) is 2.00. The van der Waals surface area contributed by atoms with Crippen molar-refractivity contribution in [3.05, 3.63) is 30.3 Å². The predicted molar refractivity (Wildman–Crippen MR) is 57.0 cm³/mol. The summed E-state index contributed by atoms with van der Waals surface area (Å²) in [5.41, 5.74) is 0. The Hall–Kier alpha value is -0.980. The fraction of sp³-hybridized carbons (Fsp3) is 0.250. The van der Waals surface area contributed by atoms with E-state index in [0.29, 0.717) is 0 Å². The van der Waals surface area contributed by atoms with Crippen molar-refractivity contribution in [2.24, 2.45) is 0 Å². The molecule has 0 amide bonds. The molecule has 1 unspecified atom stereocenters. The number of nitrogens with zero attached hydrogens (tertiary/aromatic N) is 2.